The van der Waals surface area contributed by atoms with Crippen molar-refractivity contribution in [1.82, 2.24) is 5.32 Å². The van der Waals surface area contributed by atoms with Gasteiger partial charge in [-0.1, -0.05) is 50.1 Å². The maximum absolute atomic E-state index is 12.7. The van der Waals surface area contributed by atoms with Crippen LogP contribution >= 0.6 is 31.9 Å². The van der Waals surface area contributed by atoms with Crippen LogP contribution in [0.15, 0.2) is 63.0 Å². The van der Waals surface area contributed by atoms with Gasteiger partial charge in [-0.3, -0.25) is 14.9 Å². The monoisotopic (exact) mass is 448 g/mol. The minimum Gasteiger partial charge on any atom is -0.273 e. The van der Waals surface area contributed by atoms with E-state index < -0.39 is 17.8 Å². The summed E-state index contributed by atoms with van der Waals surface area (Å²) in [6.45, 7) is 0. The molecule has 1 aliphatic heterocycles. The zero-order valence-corrected chi connectivity index (χ0v) is 15.3. The topological polar surface area (TPSA) is 66.5 Å². The zero-order chi connectivity index (χ0) is 17.3. The molecule has 0 saturated carbocycles. The van der Waals surface area contributed by atoms with E-state index >= 15 is 0 Å². The second-order valence-corrected chi connectivity index (χ2v) is 6.82. The summed E-state index contributed by atoms with van der Waals surface area (Å²) in [5, 5.41) is 2.19. The van der Waals surface area contributed by atoms with Crippen molar-refractivity contribution in [3.63, 3.8) is 0 Å². The Morgan fingerprint density at radius 1 is 0.917 bits per heavy atom. The molecule has 120 valence electrons. The fourth-order valence-electron chi connectivity index (χ4n) is 2.23. The molecule has 0 bridgehead atoms. The zero-order valence-electron chi connectivity index (χ0n) is 12.1. The third-order valence-corrected chi connectivity index (χ3v) is 4.37. The van der Waals surface area contributed by atoms with Gasteiger partial charge in [0.15, 0.2) is 0 Å². The van der Waals surface area contributed by atoms with Crippen molar-refractivity contribution in [2.45, 2.75) is 0 Å². The molecule has 0 radical (unpaired) electrons. The predicted molar refractivity (Wildman–Crippen MR) is 97.3 cm³/mol. The van der Waals surface area contributed by atoms with E-state index in [9.17, 15) is 14.4 Å². The van der Waals surface area contributed by atoms with Gasteiger partial charge in [-0.25, -0.2) is 9.69 Å². The Morgan fingerprint density at radius 2 is 1.62 bits per heavy atom. The lowest BCUT2D eigenvalue weighted by Gasteiger charge is -2.26. The number of hydrogen-bond acceptors (Lipinski definition) is 3. The van der Waals surface area contributed by atoms with Gasteiger partial charge in [0, 0.05) is 8.95 Å². The number of anilines is 1. The molecule has 0 atom stereocenters. The maximum atomic E-state index is 12.7. The van der Waals surface area contributed by atoms with Crippen LogP contribution in [0.5, 0.6) is 0 Å². The molecule has 1 aliphatic rings. The van der Waals surface area contributed by atoms with E-state index in [0.717, 1.165) is 13.8 Å². The number of amides is 4. The normalized spacial score (nSPS) is 16.5. The third kappa shape index (κ3) is 3.32. The van der Waals surface area contributed by atoms with E-state index in [1.807, 2.05) is 0 Å². The van der Waals surface area contributed by atoms with Crippen LogP contribution in [0.3, 0.4) is 0 Å². The summed E-state index contributed by atoms with van der Waals surface area (Å²) in [4.78, 5) is 37.8. The Balaban J connectivity index is 2.01. The number of barbiturate groups is 1. The SMILES string of the molecule is O=C1NC(=O)N(c2cccc(Br)c2)C(=O)/C1=C/c1ccc(Br)cc1. The minimum atomic E-state index is -0.768. The Kier molecular flexibility index (Phi) is 4.64. The number of hydrogen-bond donors (Lipinski definition) is 1. The summed E-state index contributed by atoms with van der Waals surface area (Å²) in [7, 11) is 0. The molecule has 1 fully saturated rings. The molecule has 0 aromatic heterocycles. The van der Waals surface area contributed by atoms with E-state index in [1.54, 1.807) is 48.5 Å². The molecule has 0 unspecified atom stereocenters. The Labute approximate surface area is 154 Å². The number of urea groups is 1. The van der Waals surface area contributed by atoms with Crippen molar-refractivity contribution in [3.05, 3.63) is 68.6 Å². The summed E-state index contributed by atoms with van der Waals surface area (Å²) in [6, 6.07) is 13.1. The molecule has 4 amide bonds. The van der Waals surface area contributed by atoms with Crippen LogP contribution in [0.25, 0.3) is 6.08 Å². The van der Waals surface area contributed by atoms with Crippen LogP contribution in [-0.4, -0.2) is 17.8 Å². The van der Waals surface area contributed by atoms with Gasteiger partial charge in [-0.2, -0.15) is 0 Å². The quantitative estimate of drug-likeness (QED) is 0.558. The Hall–Kier alpha value is -2.25. The number of nitrogens with one attached hydrogen (secondary N) is 1. The predicted octanol–water partition coefficient (Wildman–Crippen LogP) is 3.88. The van der Waals surface area contributed by atoms with Crippen LogP contribution in [-0.2, 0) is 9.59 Å². The van der Waals surface area contributed by atoms with Crippen LogP contribution in [0, 0.1) is 0 Å². The average Bonchev–Trinajstić information content (AvgIpc) is 2.53. The molecule has 2 aromatic rings. The van der Waals surface area contributed by atoms with Crippen molar-refractivity contribution < 1.29 is 14.4 Å². The van der Waals surface area contributed by atoms with Gasteiger partial charge < -0.3 is 0 Å². The van der Waals surface area contributed by atoms with Crippen molar-refractivity contribution >= 4 is 61.5 Å². The fraction of sp³-hybridized carbons (Fsp3) is 0. The molecule has 7 heteroatoms. The first kappa shape index (κ1) is 16.6. The van der Waals surface area contributed by atoms with Crippen molar-refractivity contribution in [1.29, 1.82) is 0 Å². The molecule has 24 heavy (non-hydrogen) atoms. The highest BCUT2D eigenvalue weighted by Crippen LogP contribution is 2.24. The van der Waals surface area contributed by atoms with Crippen molar-refractivity contribution in [3.8, 4) is 0 Å². The number of carbonyl (C=O) groups is 3. The highest BCUT2D eigenvalue weighted by Gasteiger charge is 2.36. The van der Waals surface area contributed by atoms with Gasteiger partial charge in [0.1, 0.15) is 5.57 Å². The van der Waals surface area contributed by atoms with Gasteiger partial charge >= 0.3 is 6.03 Å². The number of benzene rings is 2. The summed E-state index contributed by atoms with van der Waals surface area (Å²) in [6.07, 6.45) is 1.46. The van der Waals surface area contributed by atoms with E-state index in [0.29, 0.717) is 11.3 Å². The second kappa shape index (κ2) is 6.70. The smallest absolute Gasteiger partial charge is 0.273 e. The molecule has 3 rings (SSSR count). The molecule has 1 saturated heterocycles. The van der Waals surface area contributed by atoms with Gasteiger partial charge in [0.25, 0.3) is 11.8 Å². The Morgan fingerprint density at radius 3 is 2.29 bits per heavy atom. The first-order valence-electron chi connectivity index (χ1n) is 6.88. The maximum Gasteiger partial charge on any atom is 0.335 e. The summed E-state index contributed by atoms with van der Waals surface area (Å²) >= 11 is 6.63. The minimum absolute atomic E-state index is 0.100. The van der Waals surface area contributed by atoms with Crippen LogP contribution in [0.2, 0.25) is 0 Å². The van der Waals surface area contributed by atoms with Gasteiger partial charge in [0.2, 0.25) is 0 Å². The number of nitrogens with zero attached hydrogens (tertiary/aromatic N) is 1. The summed E-state index contributed by atoms with van der Waals surface area (Å²) in [5.41, 5.74) is 0.957. The highest BCUT2D eigenvalue weighted by molar-refractivity contribution is 9.10. The lowest BCUT2D eigenvalue weighted by molar-refractivity contribution is -0.122. The van der Waals surface area contributed by atoms with E-state index in [-0.39, 0.29) is 5.57 Å². The molecular formula is C17H10Br2N2O3. The lowest BCUT2D eigenvalue weighted by Crippen LogP contribution is -2.54. The molecular weight excluding hydrogens is 440 g/mol. The van der Waals surface area contributed by atoms with Crippen LogP contribution in [0.4, 0.5) is 10.5 Å². The standard InChI is InChI=1S/C17H10Br2N2O3/c18-11-6-4-10(5-7-11)8-14-15(22)20-17(24)21(16(14)23)13-3-1-2-12(19)9-13/h1-9H,(H,20,22,24)/b14-8+. The van der Waals surface area contributed by atoms with Crippen LogP contribution in [0.1, 0.15) is 5.56 Å². The highest BCUT2D eigenvalue weighted by atomic mass is 79.9. The second-order valence-electron chi connectivity index (χ2n) is 4.99. The van der Waals surface area contributed by atoms with Gasteiger partial charge in [0.05, 0.1) is 5.69 Å². The molecule has 1 N–H and O–H groups in total. The van der Waals surface area contributed by atoms with Gasteiger partial charge in [-0.05, 0) is 42.0 Å². The molecule has 2 aromatic carbocycles. The average molecular weight is 450 g/mol. The third-order valence-electron chi connectivity index (χ3n) is 3.35. The van der Waals surface area contributed by atoms with E-state index in [4.69, 9.17) is 0 Å². The Bertz CT molecular complexity index is 876. The largest absolute Gasteiger partial charge is 0.335 e. The molecule has 0 spiro atoms. The number of halogens is 2. The van der Waals surface area contributed by atoms with E-state index in [1.165, 1.54) is 6.08 Å². The first-order valence-corrected chi connectivity index (χ1v) is 8.47. The fourth-order valence-corrected chi connectivity index (χ4v) is 2.88. The molecule has 0 aliphatic carbocycles. The van der Waals surface area contributed by atoms with Crippen LogP contribution < -0.4 is 10.2 Å². The van der Waals surface area contributed by atoms with Crippen molar-refractivity contribution in [2.75, 3.05) is 4.90 Å². The first-order chi connectivity index (χ1) is 11.5. The molecule has 1 heterocycles. The van der Waals surface area contributed by atoms with E-state index in [2.05, 4.69) is 37.2 Å². The van der Waals surface area contributed by atoms with Crippen molar-refractivity contribution in [2.24, 2.45) is 0 Å². The number of rotatable bonds is 2. The van der Waals surface area contributed by atoms with Gasteiger partial charge in [-0.15, -0.1) is 0 Å². The number of carbonyl (C=O) groups excluding carboxylic acids is 3. The number of imide groups is 2. The lowest BCUT2D eigenvalue weighted by atomic mass is 10.1. The molecule has 5 nitrogen and oxygen atoms in total. The summed E-state index contributed by atoms with van der Waals surface area (Å²) in [5.74, 6) is -1.37. The summed E-state index contributed by atoms with van der Waals surface area (Å²) < 4.78 is 1.60.